The number of alkyl halides is 3. The fourth-order valence-electron chi connectivity index (χ4n) is 3.30. The van der Waals surface area contributed by atoms with Crippen molar-refractivity contribution in [3.05, 3.63) is 48.5 Å². The first kappa shape index (κ1) is 18.2. The molecule has 28 heavy (non-hydrogen) atoms. The number of anilines is 1. The van der Waals surface area contributed by atoms with Gasteiger partial charge in [0, 0.05) is 38.6 Å². The summed E-state index contributed by atoms with van der Waals surface area (Å²) in [5, 5.41) is 0. The van der Waals surface area contributed by atoms with Crippen molar-refractivity contribution in [2.45, 2.75) is 12.7 Å². The molecule has 0 unspecified atom stereocenters. The summed E-state index contributed by atoms with van der Waals surface area (Å²) in [6.45, 7) is 1.42. The van der Waals surface area contributed by atoms with Gasteiger partial charge in [0.2, 0.25) is 17.7 Å². The Morgan fingerprint density at radius 2 is 1.68 bits per heavy atom. The molecular formula is C18H17F3N6O. The molecule has 1 aliphatic rings. The van der Waals surface area contributed by atoms with E-state index in [-0.39, 0.29) is 11.4 Å². The first-order chi connectivity index (χ1) is 13.4. The predicted octanol–water partition coefficient (Wildman–Crippen LogP) is 2.19. The van der Waals surface area contributed by atoms with Crippen LogP contribution in [0.4, 0.5) is 19.1 Å². The van der Waals surface area contributed by atoms with Crippen LogP contribution in [0.2, 0.25) is 0 Å². The third-order valence-corrected chi connectivity index (χ3v) is 4.67. The van der Waals surface area contributed by atoms with Crippen LogP contribution in [-0.2, 0) is 17.5 Å². The number of carbonyl (C=O) groups is 1. The summed E-state index contributed by atoms with van der Waals surface area (Å²) in [5.74, 6) is -0.852. The molecule has 0 saturated carbocycles. The molecule has 0 radical (unpaired) electrons. The van der Waals surface area contributed by atoms with Gasteiger partial charge in [-0.25, -0.2) is 15.0 Å². The largest absolute Gasteiger partial charge is 0.449 e. The number of hydrogen-bond donors (Lipinski definition) is 0. The number of piperazine rings is 1. The molecule has 1 amide bonds. The number of imidazole rings is 1. The number of rotatable bonds is 3. The average Bonchev–Trinajstić information content (AvgIpc) is 3.08. The number of para-hydroxylation sites is 2. The fraction of sp³-hybridized carbons (Fsp3) is 0.333. The van der Waals surface area contributed by atoms with Crippen molar-refractivity contribution in [1.82, 2.24) is 24.4 Å². The van der Waals surface area contributed by atoms with Crippen molar-refractivity contribution in [2.75, 3.05) is 31.1 Å². The highest BCUT2D eigenvalue weighted by molar-refractivity contribution is 5.81. The van der Waals surface area contributed by atoms with Crippen LogP contribution < -0.4 is 4.90 Å². The van der Waals surface area contributed by atoms with E-state index in [2.05, 4.69) is 15.0 Å². The van der Waals surface area contributed by atoms with Crippen LogP contribution in [0.3, 0.4) is 0 Å². The van der Waals surface area contributed by atoms with E-state index >= 15 is 0 Å². The molecule has 1 aromatic carbocycles. The smallest absolute Gasteiger partial charge is 0.338 e. The molecule has 146 valence electrons. The summed E-state index contributed by atoms with van der Waals surface area (Å²) in [7, 11) is 0. The number of fused-ring (bicyclic) bond motifs is 1. The minimum atomic E-state index is -4.64. The fourth-order valence-corrected chi connectivity index (χ4v) is 3.30. The normalized spacial score (nSPS) is 15.2. The van der Waals surface area contributed by atoms with Crippen molar-refractivity contribution in [1.29, 1.82) is 0 Å². The Bertz CT molecular complexity index is 980. The van der Waals surface area contributed by atoms with Gasteiger partial charge >= 0.3 is 6.18 Å². The molecule has 0 aliphatic carbocycles. The average molecular weight is 390 g/mol. The van der Waals surface area contributed by atoms with Crippen molar-refractivity contribution in [3.8, 4) is 0 Å². The van der Waals surface area contributed by atoms with Gasteiger partial charge in [0.15, 0.2) is 0 Å². The third kappa shape index (κ3) is 3.49. The molecular weight excluding hydrogens is 373 g/mol. The first-order valence-corrected chi connectivity index (χ1v) is 8.76. The second kappa shape index (κ2) is 7.10. The van der Waals surface area contributed by atoms with E-state index in [9.17, 15) is 18.0 Å². The summed E-state index contributed by atoms with van der Waals surface area (Å²) >= 11 is 0. The Balaban J connectivity index is 1.50. The van der Waals surface area contributed by atoms with E-state index in [0.29, 0.717) is 37.6 Å². The number of hydrogen-bond acceptors (Lipinski definition) is 5. The number of carbonyl (C=O) groups excluding carboxylic acids is 1. The van der Waals surface area contributed by atoms with Gasteiger partial charge in [0.25, 0.3) is 0 Å². The molecule has 3 aromatic rings. The molecule has 3 heterocycles. The van der Waals surface area contributed by atoms with Crippen LogP contribution >= 0.6 is 0 Å². The Morgan fingerprint density at radius 1 is 1.00 bits per heavy atom. The first-order valence-electron chi connectivity index (χ1n) is 8.76. The Hall–Kier alpha value is -3.17. The molecule has 0 atom stereocenters. The topological polar surface area (TPSA) is 67.2 Å². The number of aromatic nitrogens is 4. The lowest BCUT2D eigenvalue weighted by Crippen LogP contribution is -2.50. The monoisotopic (exact) mass is 390 g/mol. The number of amides is 1. The Kier molecular flexibility index (Phi) is 4.62. The molecule has 1 aliphatic heterocycles. The minimum Gasteiger partial charge on any atom is -0.338 e. The van der Waals surface area contributed by atoms with E-state index in [4.69, 9.17) is 0 Å². The van der Waals surface area contributed by atoms with Gasteiger partial charge in [-0.05, 0) is 18.2 Å². The highest BCUT2D eigenvalue weighted by Gasteiger charge is 2.38. The highest BCUT2D eigenvalue weighted by atomic mass is 19.4. The predicted molar refractivity (Wildman–Crippen MR) is 95.6 cm³/mol. The van der Waals surface area contributed by atoms with Gasteiger partial charge in [-0.2, -0.15) is 13.2 Å². The van der Waals surface area contributed by atoms with Crippen LogP contribution in [0.15, 0.2) is 42.7 Å². The lowest BCUT2D eigenvalue weighted by molar-refractivity contribution is -0.148. The lowest BCUT2D eigenvalue weighted by Gasteiger charge is -2.34. The van der Waals surface area contributed by atoms with Gasteiger partial charge in [-0.15, -0.1) is 0 Å². The van der Waals surface area contributed by atoms with E-state index in [1.807, 2.05) is 4.90 Å². The van der Waals surface area contributed by atoms with Crippen LogP contribution in [0, 0.1) is 0 Å². The summed E-state index contributed by atoms with van der Waals surface area (Å²) in [4.78, 5) is 28.2. The number of nitrogens with zero attached hydrogens (tertiary/aromatic N) is 6. The number of benzene rings is 1. The summed E-state index contributed by atoms with van der Waals surface area (Å²) in [6.07, 6.45) is -1.35. The standard InChI is InChI=1S/C18H17F3N6O/c19-18(20,21)16-24-13-4-1-2-5-14(13)27(16)12-15(28)25-8-10-26(11-9-25)17-22-6-3-7-23-17/h1-7H,8-12H2. The van der Waals surface area contributed by atoms with Gasteiger partial charge in [-0.1, -0.05) is 12.1 Å². The van der Waals surface area contributed by atoms with Gasteiger partial charge in [-0.3, -0.25) is 4.79 Å². The molecule has 0 bridgehead atoms. The molecule has 10 heteroatoms. The van der Waals surface area contributed by atoms with Gasteiger partial charge < -0.3 is 14.4 Å². The molecule has 4 rings (SSSR count). The van der Waals surface area contributed by atoms with E-state index in [1.165, 1.54) is 12.1 Å². The van der Waals surface area contributed by atoms with Crippen molar-refractivity contribution in [2.24, 2.45) is 0 Å². The summed E-state index contributed by atoms with van der Waals surface area (Å²) in [5.41, 5.74) is 0.508. The SMILES string of the molecule is O=C(Cn1c(C(F)(F)F)nc2ccccc21)N1CCN(c2ncccn2)CC1. The summed E-state index contributed by atoms with van der Waals surface area (Å²) in [6, 6.07) is 8.01. The van der Waals surface area contributed by atoms with Crippen LogP contribution in [0.5, 0.6) is 0 Å². The van der Waals surface area contributed by atoms with Crippen molar-refractivity contribution >= 4 is 22.9 Å². The van der Waals surface area contributed by atoms with Gasteiger partial charge in [0.1, 0.15) is 6.54 Å². The third-order valence-electron chi connectivity index (χ3n) is 4.67. The number of halogens is 3. The Morgan fingerprint density at radius 3 is 2.36 bits per heavy atom. The maximum absolute atomic E-state index is 13.4. The van der Waals surface area contributed by atoms with Crippen LogP contribution in [0.25, 0.3) is 11.0 Å². The van der Waals surface area contributed by atoms with Crippen molar-refractivity contribution < 1.29 is 18.0 Å². The van der Waals surface area contributed by atoms with E-state index in [0.717, 1.165) is 4.57 Å². The van der Waals surface area contributed by atoms with E-state index < -0.39 is 18.5 Å². The molecule has 1 fully saturated rings. The zero-order chi connectivity index (χ0) is 19.7. The highest BCUT2D eigenvalue weighted by Crippen LogP contribution is 2.31. The molecule has 0 spiro atoms. The van der Waals surface area contributed by atoms with Crippen LogP contribution in [0.1, 0.15) is 5.82 Å². The summed E-state index contributed by atoms with van der Waals surface area (Å²) < 4.78 is 41.1. The molecule has 2 aromatic heterocycles. The van der Waals surface area contributed by atoms with Crippen molar-refractivity contribution in [3.63, 3.8) is 0 Å². The molecule has 7 nitrogen and oxygen atoms in total. The van der Waals surface area contributed by atoms with Gasteiger partial charge in [0.05, 0.1) is 11.0 Å². The lowest BCUT2D eigenvalue weighted by atomic mass is 10.3. The van der Waals surface area contributed by atoms with E-state index in [1.54, 1.807) is 35.5 Å². The quantitative estimate of drug-likeness (QED) is 0.686. The Labute approximate surface area is 158 Å². The molecule has 0 N–H and O–H groups in total. The zero-order valence-corrected chi connectivity index (χ0v) is 14.8. The second-order valence-corrected chi connectivity index (χ2v) is 6.42. The minimum absolute atomic E-state index is 0.216. The second-order valence-electron chi connectivity index (χ2n) is 6.42. The van der Waals surface area contributed by atoms with Crippen LogP contribution in [-0.4, -0.2) is 56.5 Å². The maximum Gasteiger partial charge on any atom is 0.449 e. The molecule has 1 saturated heterocycles. The maximum atomic E-state index is 13.4. The zero-order valence-electron chi connectivity index (χ0n) is 14.8.